The Morgan fingerprint density at radius 2 is 2.05 bits per heavy atom. The van der Waals surface area contributed by atoms with E-state index in [1.165, 1.54) is 5.56 Å². The fourth-order valence-electron chi connectivity index (χ4n) is 2.34. The number of likely N-dealkylation sites (N-methyl/N-ethyl adjacent to an activating group) is 1. The zero-order chi connectivity index (χ0) is 15.4. The minimum absolute atomic E-state index is 0.0244. The molecule has 2 aromatic rings. The molecule has 0 aliphatic rings. The van der Waals surface area contributed by atoms with E-state index in [0.717, 1.165) is 16.7 Å². The minimum Gasteiger partial charge on any atom is -0.339 e. The summed E-state index contributed by atoms with van der Waals surface area (Å²) in [7, 11) is 1.85. The molecule has 0 aliphatic heterocycles. The van der Waals surface area contributed by atoms with Crippen molar-refractivity contribution in [2.75, 3.05) is 7.05 Å². The maximum Gasteiger partial charge on any atom is 0.227 e. The summed E-state index contributed by atoms with van der Waals surface area (Å²) in [5.41, 5.74) is 4.50. The van der Waals surface area contributed by atoms with Gasteiger partial charge in [0.2, 0.25) is 5.91 Å². The number of amides is 1. The molecule has 2 rings (SSSR count). The van der Waals surface area contributed by atoms with Crippen LogP contribution >= 0.6 is 0 Å². The van der Waals surface area contributed by atoms with Gasteiger partial charge in [0.15, 0.2) is 0 Å². The summed E-state index contributed by atoms with van der Waals surface area (Å²) in [5, 5.41) is 0. The molecular formula is C18H22N2O. The van der Waals surface area contributed by atoms with Gasteiger partial charge in [-0.2, -0.15) is 0 Å². The van der Waals surface area contributed by atoms with E-state index in [4.69, 9.17) is 0 Å². The number of rotatable bonds is 4. The van der Waals surface area contributed by atoms with Crippen molar-refractivity contribution >= 4 is 5.91 Å². The smallest absolute Gasteiger partial charge is 0.227 e. The second-order valence-electron chi connectivity index (χ2n) is 5.57. The Hall–Kier alpha value is -2.16. The third-order valence-corrected chi connectivity index (χ3v) is 3.99. The van der Waals surface area contributed by atoms with E-state index in [-0.39, 0.29) is 11.9 Å². The molecule has 1 unspecified atom stereocenters. The first-order valence-corrected chi connectivity index (χ1v) is 7.20. The van der Waals surface area contributed by atoms with Crippen LogP contribution in [0.5, 0.6) is 0 Å². The number of pyridine rings is 1. The van der Waals surface area contributed by atoms with Crippen LogP contribution in [0.25, 0.3) is 0 Å². The molecule has 110 valence electrons. The van der Waals surface area contributed by atoms with Crippen molar-refractivity contribution < 1.29 is 4.79 Å². The van der Waals surface area contributed by atoms with E-state index < -0.39 is 0 Å². The third kappa shape index (κ3) is 3.69. The molecule has 0 aliphatic carbocycles. The Kier molecular flexibility index (Phi) is 4.73. The van der Waals surface area contributed by atoms with Gasteiger partial charge in [0.05, 0.1) is 12.5 Å². The second-order valence-corrected chi connectivity index (χ2v) is 5.57. The van der Waals surface area contributed by atoms with Gasteiger partial charge in [-0.25, -0.2) is 0 Å². The van der Waals surface area contributed by atoms with Gasteiger partial charge in [-0.1, -0.05) is 29.8 Å². The van der Waals surface area contributed by atoms with Gasteiger partial charge >= 0.3 is 0 Å². The average molecular weight is 282 g/mol. The SMILES string of the molecule is Cc1ccc(C)c(CC(=O)N(C)C(C)c2cccnc2)c1. The molecule has 0 saturated heterocycles. The van der Waals surface area contributed by atoms with Gasteiger partial charge in [0.25, 0.3) is 0 Å². The van der Waals surface area contributed by atoms with E-state index in [0.29, 0.717) is 6.42 Å². The van der Waals surface area contributed by atoms with Crippen LogP contribution in [-0.4, -0.2) is 22.8 Å². The fourth-order valence-corrected chi connectivity index (χ4v) is 2.34. The van der Waals surface area contributed by atoms with Gasteiger partial charge in [0.1, 0.15) is 0 Å². The molecule has 3 heteroatoms. The van der Waals surface area contributed by atoms with Crippen LogP contribution in [0.4, 0.5) is 0 Å². The van der Waals surface area contributed by atoms with E-state index >= 15 is 0 Å². The lowest BCUT2D eigenvalue weighted by atomic mass is 10.0. The molecule has 21 heavy (non-hydrogen) atoms. The van der Waals surface area contributed by atoms with Gasteiger partial charge in [-0.3, -0.25) is 9.78 Å². The van der Waals surface area contributed by atoms with Crippen LogP contribution in [0.15, 0.2) is 42.7 Å². The number of benzene rings is 1. The Labute approximate surface area is 126 Å². The number of hydrogen-bond acceptors (Lipinski definition) is 2. The monoisotopic (exact) mass is 282 g/mol. The van der Waals surface area contributed by atoms with Gasteiger partial charge < -0.3 is 4.90 Å². The molecule has 0 bridgehead atoms. The normalized spacial score (nSPS) is 12.0. The summed E-state index contributed by atoms with van der Waals surface area (Å²) in [6.07, 6.45) is 4.00. The lowest BCUT2D eigenvalue weighted by Gasteiger charge is -2.25. The molecule has 1 atom stereocenters. The van der Waals surface area contributed by atoms with Gasteiger partial charge in [-0.05, 0) is 43.5 Å². The summed E-state index contributed by atoms with van der Waals surface area (Å²) < 4.78 is 0. The van der Waals surface area contributed by atoms with Crippen molar-refractivity contribution in [1.29, 1.82) is 0 Å². The molecule has 1 amide bonds. The van der Waals surface area contributed by atoms with Crippen molar-refractivity contribution in [2.24, 2.45) is 0 Å². The van der Waals surface area contributed by atoms with E-state index in [1.807, 2.05) is 39.2 Å². The zero-order valence-corrected chi connectivity index (χ0v) is 13.1. The Bertz CT molecular complexity index is 622. The summed E-state index contributed by atoms with van der Waals surface area (Å²) in [4.78, 5) is 18.4. The van der Waals surface area contributed by atoms with Crippen molar-refractivity contribution in [3.8, 4) is 0 Å². The second kappa shape index (κ2) is 6.53. The third-order valence-electron chi connectivity index (χ3n) is 3.99. The van der Waals surface area contributed by atoms with Crippen LogP contribution in [0.2, 0.25) is 0 Å². The van der Waals surface area contributed by atoms with Crippen LogP contribution < -0.4 is 0 Å². The highest BCUT2D eigenvalue weighted by molar-refractivity contribution is 5.79. The predicted molar refractivity (Wildman–Crippen MR) is 85.0 cm³/mol. The van der Waals surface area contributed by atoms with E-state index in [9.17, 15) is 4.79 Å². The van der Waals surface area contributed by atoms with Gasteiger partial charge in [0, 0.05) is 19.4 Å². The standard InChI is InChI=1S/C18H22N2O/c1-13-7-8-14(2)17(10-13)11-18(21)20(4)15(3)16-6-5-9-19-12-16/h5-10,12,15H,11H2,1-4H3. The first-order chi connectivity index (χ1) is 9.99. The van der Waals surface area contributed by atoms with Crippen molar-refractivity contribution in [3.05, 3.63) is 65.0 Å². The highest BCUT2D eigenvalue weighted by atomic mass is 16.2. The Balaban J connectivity index is 2.11. The summed E-state index contributed by atoms with van der Waals surface area (Å²) in [5.74, 6) is 0.125. The molecule has 0 N–H and O–H groups in total. The van der Waals surface area contributed by atoms with Crippen LogP contribution in [0.1, 0.15) is 35.2 Å². The fraction of sp³-hybridized carbons (Fsp3) is 0.333. The highest BCUT2D eigenvalue weighted by Gasteiger charge is 2.18. The maximum absolute atomic E-state index is 12.5. The average Bonchev–Trinajstić information content (AvgIpc) is 2.50. The molecule has 1 aromatic heterocycles. The largest absolute Gasteiger partial charge is 0.339 e. The number of aromatic nitrogens is 1. The van der Waals surface area contributed by atoms with Crippen LogP contribution in [-0.2, 0) is 11.2 Å². The first kappa shape index (κ1) is 15.2. The van der Waals surface area contributed by atoms with E-state index in [1.54, 1.807) is 11.1 Å². The predicted octanol–water partition coefficient (Wildman–Crippen LogP) is 3.46. The molecule has 1 heterocycles. The molecule has 0 spiro atoms. The number of hydrogen-bond donors (Lipinski definition) is 0. The lowest BCUT2D eigenvalue weighted by Crippen LogP contribution is -2.31. The van der Waals surface area contributed by atoms with Crippen molar-refractivity contribution in [3.63, 3.8) is 0 Å². The number of aryl methyl sites for hydroxylation is 2. The van der Waals surface area contributed by atoms with Crippen LogP contribution in [0, 0.1) is 13.8 Å². The summed E-state index contributed by atoms with van der Waals surface area (Å²) >= 11 is 0. The number of carbonyl (C=O) groups excluding carboxylic acids is 1. The highest BCUT2D eigenvalue weighted by Crippen LogP contribution is 2.19. The van der Waals surface area contributed by atoms with Crippen LogP contribution in [0.3, 0.4) is 0 Å². The molecule has 0 fully saturated rings. The van der Waals surface area contributed by atoms with Crippen molar-refractivity contribution in [1.82, 2.24) is 9.88 Å². The van der Waals surface area contributed by atoms with E-state index in [2.05, 4.69) is 30.1 Å². The molecular weight excluding hydrogens is 260 g/mol. The molecule has 1 aromatic carbocycles. The lowest BCUT2D eigenvalue weighted by molar-refractivity contribution is -0.131. The molecule has 3 nitrogen and oxygen atoms in total. The molecule has 0 radical (unpaired) electrons. The maximum atomic E-state index is 12.5. The minimum atomic E-state index is 0.0244. The molecule has 0 saturated carbocycles. The topological polar surface area (TPSA) is 33.2 Å². The summed E-state index contributed by atoms with van der Waals surface area (Å²) in [6.45, 7) is 6.13. The number of carbonyl (C=O) groups is 1. The summed E-state index contributed by atoms with van der Waals surface area (Å²) in [6, 6.07) is 10.2. The number of nitrogens with zero attached hydrogens (tertiary/aromatic N) is 2. The first-order valence-electron chi connectivity index (χ1n) is 7.20. The van der Waals surface area contributed by atoms with Crippen molar-refractivity contribution in [2.45, 2.75) is 33.2 Å². The zero-order valence-electron chi connectivity index (χ0n) is 13.1. The Morgan fingerprint density at radius 1 is 1.29 bits per heavy atom. The Morgan fingerprint density at radius 3 is 2.71 bits per heavy atom. The van der Waals surface area contributed by atoms with Gasteiger partial charge in [-0.15, -0.1) is 0 Å². The quantitative estimate of drug-likeness (QED) is 0.860.